The lowest BCUT2D eigenvalue weighted by molar-refractivity contribution is 0.0681. The molecule has 1 amide bonds. The van der Waals surface area contributed by atoms with Crippen molar-refractivity contribution < 1.29 is 22.7 Å². The number of methoxy groups -OCH3 is 2. The molecule has 3 rings (SSSR count). The van der Waals surface area contributed by atoms with Gasteiger partial charge in [-0.2, -0.15) is 0 Å². The van der Waals surface area contributed by atoms with E-state index in [0.717, 1.165) is 5.56 Å². The van der Waals surface area contributed by atoms with Crippen LogP contribution in [0.5, 0.6) is 11.5 Å². The van der Waals surface area contributed by atoms with E-state index >= 15 is 0 Å². The van der Waals surface area contributed by atoms with E-state index in [1.807, 2.05) is 12.1 Å². The number of carbonyl (C=O) groups excluding carboxylic acids is 1. The van der Waals surface area contributed by atoms with Crippen molar-refractivity contribution in [3.8, 4) is 11.5 Å². The van der Waals surface area contributed by atoms with E-state index in [1.54, 1.807) is 24.1 Å². The van der Waals surface area contributed by atoms with Crippen molar-refractivity contribution in [1.29, 1.82) is 0 Å². The molecule has 0 N–H and O–H groups in total. The molecule has 0 bridgehead atoms. The van der Waals surface area contributed by atoms with E-state index in [1.165, 1.54) is 19.2 Å². The molecule has 9 heteroatoms. The van der Waals surface area contributed by atoms with Gasteiger partial charge in [0.25, 0.3) is 5.91 Å². The highest BCUT2D eigenvalue weighted by molar-refractivity contribution is 7.91. The number of nitrogens with zero attached hydrogens (tertiary/aromatic N) is 1. The molecule has 1 fully saturated rings. The maximum atomic E-state index is 13.3. The van der Waals surface area contributed by atoms with Gasteiger partial charge in [0.2, 0.25) is 0 Å². The average Bonchev–Trinajstić information content (AvgIpc) is 3.05. The van der Waals surface area contributed by atoms with Crippen LogP contribution in [-0.2, 0) is 16.4 Å². The third-order valence-corrected chi connectivity index (χ3v) is 7.18. The number of sulfone groups is 1. The van der Waals surface area contributed by atoms with Crippen LogP contribution in [0.4, 0.5) is 0 Å². The van der Waals surface area contributed by atoms with Crippen molar-refractivity contribution in [1.82, 2.24) is 4.90 Å². The first-order valence-corrected chi connectivity index (χ1v) is 11.5. The zero-order chi connectivity index (χ0) is 21.2. The van der Waals surface area contributed by atoms with Crippen LogP contribution in [0.1, 0.15) is 22.3 Å². The third-order valence-electron chi connectivity index (χ3n) is 4.87. The van der Waals surface area contributed by atoms with Gasteiger partial charge in [-0.25, -0.2) is 8.42 Å². The van der Waals surface area contributed by atoms with Crippen molar-refractivity contribution in [3.63, 3.8) is 0 Å². The second-order valence-corrected chi connectivity index (χ2v) is 9.85. The monoisotopic (exact) mass is 457 g/mol. The zero-order valence-corrected chi connectivity index (χ0v) is 18.4. The number of hydrogen-bond donors (Lipinski definition) is 0. The first kappa shape index (κ1) is 21.7. The Kier molecular flexibility index (Phi) is 6.61. The fraction of sp³-hybridized carbons (Fsp3) is 0.350. The van der Waals surface area contributed by atoms with Crippen LogP contribution in [-0.4, -0.2) is 51.0 Å². The molecule has 0 aromatic heterocycles. The molecule has 1 aliphatic rings. The highest BCUT2D eigenvalue weighted by atomic mass is 35.5. The third kappa shape index (κ3) is 4.97. The molecule has 1 atom stereocenters. The summed E-state index contributed by atoms with van der Waals surface area (Å²) < 4.78 is 34.3. The van der Waals surface area contributed by atoms with Crippen molar-refractivity contribution in [2.45, 2.75) is 19.0 Å². The van der Waals surface area contributed by atoms with Gasteiger partial charge in [-0.1, -0.05) is 35.3 Å². The SMILES string of the molecule is COc1ccc(CN(C(=O)c2cc(Cl)c(OC)c(Cl)c2)C2CCS(=O)(=O)C2)cc1. The van der Waals surface area contributed by atoms with Gasteiger partial charge in [-0.05, 0) is 36.2 Å². The van der Waals surface area contributed by atoms with Crippen LogP contribution in [0.15, 0.2) is 36.4 Å². The Morgan fingerprint density at radius 3 is 2.21 bits per heavy atom. The Bertz CT molecular complexity index is 985. The lowest BCUT2D eigenvalue weighted by atomic mass is 10.1. The summed E-state index contributed by atoms with van der Waals surface area (Å²) in [6, 6.07) is 9.83. The molecule has 29 heavy (non-hydrogen) atoms. The lowest BCUT2D eigenvalue weighted by Gasteiger charge is -2.29. The number of rotatable bonds is 6. The number of ether oxygens (including phenoxy) is 2. The van der Waals surface area contributed by atoms with Crippen molar-refractivity contribution in [2.75, 3.05) is 25.7 Å². The van der Waals surface area contributed by atoms with Crippen LogP contribution in [0.2, 0.25) is 10.0 Å². The predicted molar refractivity (Wildman–Crippen MR) is 113 cm³/mol. The summed E-state index contributed by atoms with van der Waals surface area (Å²) in [7, 11) is -0.159. The quantitative estimate of drug-likeness (QED) is 0.658. The van der Waals surface area contributed by atoms with Crippen molar-refractivity contribution >= 4 is 38.9 Å². The molecular weight excluding hydrogens is 437 g/mol. The van der Waals surface area contributed by atoms with Crippen LogP contribution in [0.25, 0.3) is 0 Å². The Balaban J connectivity index is 1.94. The zero-order valence-electron chi connectivity index (χ0n) is 16.0. The molecule has 0 aliphatic carbocycles. The molecule has 0 spiro atoms. The fourth-order valence-electron chi connectivity index (χ4n) is 3.36. The molecule has 0 radical (unpaired) electrons. The minimum Gasteiger partial charge on any atom is -0.497 e. The summed E-state index contributed by atoms with van der Waals surface area (Å²) in [5, 5.41) is 0.429. The summed E-state index contributed by atoms with van der Waals surface area (Å²) in [5.41, 5.74) is 1.13. The molecule has 1 aliphatic heterocycles. The molecule has 1 saturated heterocycles. The van der Waals surface area contributed by atoms with Crippen molar-refractivity contribution in [2.24, 2.45) is 0 Å². The van der Waals surface area contributed by atoms with Gasteiger partial charge >= 0.3 is 0 Å². The van der Waals surface area contributed by atoms with E-state index in [-0.39, 0.29) is 45.3 Å². The summed E-state index contributed by atoms with van der Waals surface area (Å²) >= 11 is 12.4. The first-order valence-electron chi connectivity index (χ1n) is 8.91. The standard InChI is InChI=1S/C20H21Cl2NO5S/c1-27-16-5-3-13(4-6-16)11-23(15-7-8-29(25,26)12-15)20(24)14-9-17(21)19(28-2)18(22)10-14/h3-6,9-10,15H,7-8,11-12H2,1-2H3. The number of hydrogen-bond acceptors (Lipinski definition) is 5. The summed E-state index contributed by atoms with van der Waals surface area (Å²) in [5.74, 6) is 0.647. The number of amides is 1. The second-order valence-electron chi connectivity index (χ2n) is 6.81. The summed E-state index contributed by atoms with van der Waals surface area (Å²) in [6.45, 7) is 0.254. The fourth-order valence-corrected chi connectivity index (χ4v) is 5.73. The normalized spacial score (nSPS) is 17.7. The Labute approximate surface area is 180 Å². The Morgan fingerprint density at radius 2 is 1.72 bits per heavy atom. The van der Waals surface area contributed by atoms with Crippen LogP contribution < -0.4 is 9.47 Å². The molecule has 6 nitrogen and oxygen atoms in total. The molecular formula is C20H21Cl2NO5S. The number of carbonyl (C=O) groups is 1. The topological polar surface area (TPSA) is 72.9 Å². The first-order chi connectivity index (χ1) is 13.7. The highest BCUT2D eigenvalue weighted by Gasteiger charge is 2.35. The Hall–Kier alpha value is -1.96. The maximum absolute atomic E-state index is 13.3. The van der Waals surface area contributed by atoms with E-state index in [0.29, 0.717) is 12.2 Å². The second kappa shape index (κ2) is 8.81. The molecule has 1 heterocycles. The molecule has 156 valence electrons. The predicted octanol–water partition coefficient (Wildman–Crippen LogP) is 3.84. The lowest BCUT2D eigenvalue weighted by Crippen LogP contribution is -2.40. The van der Waals surface area contributed by atoms with E-state index in [9.17, 15) is 13.2 Å². The van der Waals surface area contributed by atoms with Crippen molar-refractivity contribution in [3.05, 3.63) is 57.6 Å². The Morgan fingerprint density at radius 1 is 1.10 bits per heavy atom. The smallest absolute Gasteiger partial charge is 0.254 e. The van der Waals surface area contributed by atoms with E-state index in [2.05, 4.69) is 0 Å². The van der Waals surface area contributed by atoms with E-state index in [4.69, 9.17) is 32.7 Å². The summed E-state index contributed by atoms with van der Waals surface area (Å²) in [4.78, 5) is 14.9. The molecule has 2 aromatic carbocycles. The maximum Gasteiger partial charge on any atom is 0.254 e. The molecule has 0 saturated carbocycles. The van der Waals surface area contributed by atoms with Gasteiger partial charge in [0.15, 0.2) is 15.6 Å². The molecule has 1 unspecified atom stereocenters. The number of benzene rings is 2. The van der Waals surface area contributed by atoms with Crippen LogP contribution in [0.3, 0.4) is 0 Å². The average molecular weight is 458 g/mol. The minimum atomic E-state index is -3.17. The molecule has 2 aromatic rings. The van der Waals surface area contributed by atoms with Gasteiger partial charge in [0.05, 0.1) is 35.8 Å². The van der Waals surface area contributed by atoms with Gasteiger partial charge in [0, 0.05) is 18.2 Å². The van der Waals surface area contributed by atoms with Gasteiger partial charge in [-0.15, -0.1) is 0 Å². The van der Waals surface area contributed by atoms with Crippen LogP contribution >= 0.6 is 23.2 Å². The van der Waals surface area contributed by atoms with Gasteiger partial charge in [-0.3, -0.25) is 4.79 Å². The largest absolute Gasteiger partial charge is 0.497 e. The van der Waals surface area contributed by atoms with Crippen LogP contribution in [0, 0.1) is 0 Å². The number of halogens is 2. The highest BCUT2D eigenvalue weighted by Crippen LogP contribution is 2.35. The minimum absolute atomic E-state index is 0.0630. The van der Waals surface area contributed by atoms with Gasteiger partial charge in [0.1, 0.15) is 5.75 Å². The van der Waals surface area contributed by atoms with Gasteiger partial charge < -0.3 is 14.4 Å². The van der Waals surface area contributed by atoms with E-state index < -0.39 is 15.9 Å². The summed E-state index contributed by atoms with van der Waals surface area (Å²) in [6.07, 6.45) is 0.391.